The topological polar surface area (TPSA) is 51.2 Å². The zero-order valence-corrected chi connectivity index (χ0v) is 9.99. The normalized spacial score (nSPS) is 11.9. The number of ether oxygens (including phenoxy) is 1. The number of aryl methyl sites for hydroxylation is 1. The lowest BCUT2D eigenvalue weighted by Crippen LogP contribution is -2.22. The van der Waals surface area contributed by atoms with Crippen LogP contribution in [0.25, 0.3) is 0 Å². The second-order valence-corrected chi connectivity index (χ2v) is 3.72. The number of esters is 1. The van der Waals surface area contributed by atoms with Crippen LogP contribution in [0, 0.1) is 12.8 Å². The van der Waals surface area contributed by atoms with Gasteiger partial charge >= 0.3 is 5.97 Å². The Bertz CT molecular complexity index is 353. The second kappa shape index (κ2) is 6.10. The highest BCUT2D eigenvalue weighted by molar-refractivity contribution is 5.72. The van der Waals surface area contributed by atoms with E-state index in [4.69, 9.17) is 4.74 Å². The summed E-state index contributed by atoms with van der Waals surface area (Å²) in [4.78, 5) is 15.5. The van der Waals surface area contributed by atoms with E-state index in [0.717, 1.165) is 11.4 Å². The molecule has 4 nitrogen and oxygen atoms in total. The van der Waals surface area contributed by atoms with E-state index < -0.39 is 0 Å². The van der Waals surface area contributed by atoms with Gasteiger partial charge in [0.1, 0.15) is 0 Å². The molecule has 0 aliphatic heterocycles. The highest BCUT2D eigenvalue weighted by Crippen LogP contribution is 2.08. The molecule has 1 unspecified atom stereocenters. The summed E-state index contributed by atoms with van der Waals surface area (Å²) < 4.78 is 4.92. The molecule has 0 amide bonds. The summed E-state index contributed by atoms with van der Waals surface area (Å²) in [5.41, 5.74) is 1.93. The van der Waals surface area contributed by atoms with E-state index in [1.165, 1.54) is 0 Å². The van der Waals surface area contributed by atoms with Crippen molar-refractivity contribution in [1.82, 2.24) is 4.98 Å². The van der Waals surface area contributed by atoms with Gasteiger partial charge in [-0.1, -0.05) is 6.92 Å². The van der Waals surface area contributed by atoms with Crippen LogP contribution in [-0.2, 0) is 9.53 Å². The second-order valence-electron chi connectivity index (χ2n) is 3.72. The number of rotatable bonds is 5. The molecule has 0 aliphatic rings. The summed E-state index contributed by atoms with van der Waals surface area (Å²) in [5, 5.41) is 3.18. The Kier molecular flexibility index (Phi) is 4.76. The van der Waals surface area contributed by atoms with Crippen molar-refractivity contribution >= 4 is 11.7 Å². The molecule has 1 N–H and O–H groups in total. The van der Waals surface area contributed by atoms with Crippen molar-refractivity contribution in [2.24, 2.45) is 5.92 Å². The summed E-state index contributed by atoms with van der Waals surface area (Å²) in [5.74, 6) is -0.311. The highest BCUT2D eigenvalue weighted by Gasteiger charge is 2.13. The standard InChI is InChI=1S/C12H18N2O2/c1-4-16-12(15)9(2)8-14-11-5-6-13-10(3)7-11/h5-7,9H,4,8H2,1-3H3,(H,13,14). The smallest absolute Gasteiger partial charge is 0.310 e. The third kappa shape index (κ3) is 3.88. The third-order valence-electron chi connectivity index (χ3n) is 2.20. The SMILES string of the molecule is CCOC(=O)C(C)CNc1ccnc(C)c1. The molecule has 0 aromatic carbocycles. The maximum Gasteiger partial charge on any atom is 0.310 e. The van der Waals surface area contributed by atoms with E-state index in [1.807, 2.05) is 32.9 Å². The number of anilines is 1. The molecule has 16 heavy (non-hydrogen) atoms. The zero-order valence-electron chi connectivity index (χ0n) is 9.99. The van der Waals surface area contributed by atoms with Crippen LogP contribution < -0.4 is 5.32 Å². The summed E-state index contributed by atoms with van der Waals surface area (Å²) in [6.45, 7) is 6.59. The van der Waals surface area contributed by atoms with Crippen molar-refractivity contribution in [3.63, 3.8) is 0 Å². The fourth-order valence-electron chi connectivity index (χ4n) is 1.29. The molecule has 0 saturated carbocycles. The van der Waals surface area contributed by atoms with Gasteiger partial charge in [0.2, 0.25) is 0 Å². The van der Waals surface area contributed by atoms with Crippen molar-refractivity contribution < 1.29 is 9.53 Å². The van der Waals surface area contributed by atoms with Gasteiger partial charge in [0.05, 0.1) is 12.5 Å². The number of aromatic nitrogens is 1. The van der Waals surface area contributed by atoms with Crippen LogP contribution in [0.4, 0.5) is 5.69 Å². The minimum atomic E-state index is -0.166. The van der Waals surface area contributed by atoms with Crippen LogP contribution in [0.3, 0.4) is 0 Å². The van der Waals surface area contributed by atoms with Crippen LogP contribution >= 0.6 is 0 Å². The van der Waals surface area contributed by atoms with Crippen LogP contribution in [-0.4, -0.2) is 24.1 Å². The molecule has 0 fully saturated rings. The molecule has 1 aromatic heterocycles. The molecule has 0 spiro atoms. The average Bonchev–Trinajstić information content (AvgIpc) is 2.26. The molecular weight excluding hydrogens is 204 g/mol. The molecule has 0 aliphatic carbocycles. The van der Waals surface area contributed by atoms with Gasteiger partial charge in [-0.15, -0.1) is 0 Å². The number of hydrogen-bond acceptors (Lipinski definition) is 4. The van der Waals surface area contributed by atoms with Crippen LogP contribution in [0.2, 0.25) is 0 Å². The predicted molar refractivity (Wildman–Crippen MR) is 63.3 cm³/mol. The van der Waals surface area contributed by atoms with Crippen LogP contribution in [0.1, 0.15) is 19.5 Å². The molecule has 88 valence electrons. The van der Waals surface area contributed by atoms with E-state index >= 15 is 0 Å². The summed E-state index contributed by atoms with van der Waals surface area (Å²) in [7, 11) is 0. The number of nitrogens with one attached hydrogen (secondary N) is 1. The monoisotopic (exact) mass is 222 g/mol. The minimum absolute atomic E-state index is 0.145. The fourth-order valence-corrected chi connectivity index (χ4v) is 1.29. The Morgan fingerprint density at radius 3 is 3.00 bits per heavy atom. The minimum Gasteiger partial charge on any atom is -0.466 e. The third-order valence-corrected chi connectivity index (χ3v) is 2.20. The number of carbonyl (C=O) groups is 1. The first-order valence-corrected chi connectivity index (χ1v) is 5.46. The molecule has 1 heterocycles. The number of pyridine rings is 1. The van der Waals surface area contributed by atoms with E-state index in [9.17, 15) is 4.79 Å². The quantitative estimate of drug-likeness (QED) is 0.774. The predicted octanol–water partition coefficient (Wildman–Crippen LogP) is 2.00. The maximum absolute atomic E-state index is 11.4. The van der Waals surface area contributed by atoms with Gasteiger partial charge in [-0.05, 0) is 26.0 Å². The van der Waals surface area contributed by atoms with E-state index in [-0.39, 0.29) is 11.9 Å². The van der Waals surface area contributed by atoms with Crippen molar-refractivity contribution in [3.05, 3.63) is 24.0 Å². The molecule has 1 atom stereocenters. The lowest BCUT2D eigenvalue weighted by atomic mass is 10.2. The molecule has 0 saturated heterocycles. The first kappa shape index (κ1) is 12.5. The maximum atomic E-state index is 11.4. The lowest BCUT2D eigenvalue weighted by Gasteiger charge is -2.12. The van der Waals surface area contributed by atoms with Gasteiger partial charge in [-0.25, -0.2) is 0 Å². The molecule has 0 radical (unpaired) electrons. The average molecular weight is 222 g/mol. The molecular formula is C12H18N2O2. The first-order chi connectivity index (χ1) is 7.63. The molecule has 1 aromatic rings. The van der Waals surface area contributed by atoms with Gasteiger partial charge in [0.15, 0.2) is 0 Å². The Balaban J connectivity index is 2.42. The van der Waals surface area contributed by atoms with E-state index in [0.29, 0.717) is 13.2 Å². The summed E-state index contributed by atoms with van der Waals surface area (Å²) in [6, 6.07) is 3.82. The largest absolute Gasteiger partial charge is 0.466 e. The molecule has 0 bridgehead atoms. The van der Waals surface area contributed by atoms with Crippen molar-refractivity contribution in [1.29, 1.82) is 0 Å². The Morgan fingerprint density at radius 2 is 2.38 bits per heavy atom. The van der Waals surface area contributed by atoms with Gasteiger partial charge in [-0.3, -0.25) is 9.78 Å². The van der Waals surface area contributed by atoms with E-state index in [1.54, 1.807) is 6.20 Å². The number of hydrogen-bond donors (Lipinski definition) is 1. The van der Waals surface area contributed by atoms with Crippen molar-refractivity contribution in [2.75, 3.05) is 18.5 Å². The number of nitrogens with zero attached hydrogens (tertiary/aromatic N) is 1. The van der Waals surface area contributed by atoms with Gasteiger partial charge in [0.25, 0.3) is 0 Å². The van der Waals surface area contributed by atoms with Crippen molar-refractivity contribution in [3.8, 4) is 0 Å². The van der Waals surface area contributed by atoms with Crippen LogP contribution in [0.15, 0.2) is 18.3 Å². The number of carbonyl (C=O) groups excluding carboxylic acids is 1. The van der Waals surface area contributed by atoms with Gasteiger partial charge in [0, 0.05) is 24.1 Å². The Labute approximate surface area is 96.0 Å². The van der Waals surface area contributed by atoms with Gasteiger partial charge < -0.3 is 10.1 Å². The summed E-state index contributed by atoms with van der Waals surface area (Å²) in [6.07, 6.45) is 1.74. The fraction of sp³-hybridized carbons (Fsp3) is 0.500. The zero-order chi connectivity index (χ0) is 12.0. The Hall–Kier alpha value is -1.58. The highest BCUT2D eigenvalue weighted by atomic mass is 16.5. The van der Waals surface area contributed by atoms with Crippen LogP contribution in [0.5, 0.6) is 0 Å². The first-order valence-electron chi connectivity index (χ1n) is 5.46. The Morgan fingerprint density at radius 1 is 1.62 bits per heavy atom. The molecule has 1 rings (SSSR count). The summed E-state index contributed by atoms with van der Waals surface area (Å²) >= 11 is 0. The van der Waals surface area contributed by atoms with E-state index in [2.05, 4.69) is 10.3 Å². The van der Waals surface area contributed by atoms with Crippen molar-refractivity contribution in [2.45, 2.75) is 20.8 Å². The molecule has 4 heteroatoms. The lowest BCUT2D eigenvalue weighted by molar-refractivity contribution is -0.146. The van der Waals surface area contributed by atoms with Gasteiger partial charge in [-0.2, -0.15) is 0 Å².